The average Bonchev–Trinajstić information content (AvgIpc) is 3.13. The maximum Gasteiger partial charge on any atom is 0.239 e. The van der Waals surface area contributed by atoms with E-state index in [0.29, 0.717) is 11.5 Å². The van der Waals surface area contributed by atoms with Crippen LogP contribution in [-0.4, -0.2) is 32.3 Å². The van der Waals surface area contributed by atoms with Crippen LogP contribution in [0.25, 0.3) is 21.3 Å². The minimum absolute atomic E-state index is 0.483. The SMILES string of the molecule is COc1nc2[nH]ncc2cc1Nc1ncnc2scc(C)c12. The van der Waals surface area contributed by atoms with E-state index in [1.165, 1.54) is 0 Å². The minimum Gasteiger partial charge on any atom is -0.479 e. The summed E-state index contributed by atoms with van der Waals surface area (Å²) >= 11 is 1.60. The molecule has 0 aromatic carbocycles. The first-order valence-corrected chi connectivity index (χ1v) is 7.48. The van der Waals surface area contributed by atoms with E-state index in [0.717, 1.165) is 32.7 Å². The Morgan fingerprint density at radius 3 is 3.09 bits per heavy atom. The molecule has 4 rings (SSSR count). The van der Waals surface area contributed by atoms with Gasteiger partial charge < -0.3 is 10.1 Å². The molecule has 7 nitrogen and oxygen atoms in total. The van der Waals surface area contributed by atoms with E-state index in [1.807, 2.05) is 13.0 Å². The first-order valence-electron chi connectivity index (χ1n) is 6.60. The number of fused-ring (bicyclic) bond motifs is 2. The predicted octanol–water partition coefficient (Wildman–Crippen LogP) is 3.02. The smallest absolute Gasteiger partial charge is 0.239 e. The zero-order chi connectivity index (χ0) is 15.1. The summed E-state index contributed by atoms with van der Waals surface area (Å²) in [5.41, 5.74) is 2.56. The molecule has 0 atom stereocenters. The lowest BCUT2D eigenvalue weighted by atomic mass is 10.2. The van der Waals surface area contributed by atoms with Crippen molar-refractivity contribution in [1.82, 2.24) is 25.1 Å². The second-order valence-electron chi connectivity index (χ2n) is 4.80. The number of aromatic amines is 1. The van der Waals surface area contributed by atoms with E-state index in [1.54, 1.807) is 31.0 Å². The standard InChI is InChI=1S/C14H12N6OS/c1-7-5-22-14-10(7)12(15-6-16-14)18-9-3-8-4-17-20-11(8)19-13(9)21-2/h3-6H,1-2H3,(H,15,16,18)(H,17,19,20). The van der Waals surface area contributed by atoms with Crippen molar-refractivity contribution < 1.29 is 4.74 Å². The van der Waals surface area contributed by atoms with E-state index >= 15 is 0 Å². The second kappa shape index (κ2) is 4.92. The molecule has 22 heavy (non-hydrogen) atoms. The molecule has 0 saturated heterocycles. The topological polar surface area (TPSA) is 88.6 Å². The third-order valence-electron chi connectivity index (χ3n) is 3.39. The third-order valence-corrected chi connectivity index (χ3v) is 4.40. The number of H-pyrrole nitrogens is 1. The molecule has 4 aromatic rings. The monoisotopic (exact) mass is 312 g/mol. The van der Waals surface area contributed by atoms with Crippen molar-refractivity contribution >= 4 is 44.1 Å². The first-order chi connectivity index (χ1) is 10.8. The van der Waals surface area contributed by atoms with Crippen molar-refractivity contribution in [3.05, 3.63) is 29.5 Å². The number of pyridine rings is 1. The van der Waals surface area contributed by atoms with Crippen LogP contribution in [0.15, 0.2) is 24.0 Å². The Kier molecular flexibility index (Phi) is 2.90. The molecule has 8 heteroatoms. The number of ether oxygens (including phenoxy) is 1. The summed E-state index contributed by atoms with van der Waals surface area (Å²) in [5, 5.41) is 14.1. The van der Waals surface area contributed by atoms with Crippen LogP contribution in [0.2, 0.25) is 0 Å². The van der Waals surface area contributed by atoms with Crippen molar-refractivity contribution in [2.24, 2.45) is 0 Å². The van der Waals surface area contributed by atoms with Crippen LogP contribution in [0.1, 0.15) is 5.56 Å². The van der Waals surface area contributed by atoms with E-state index in [4.69, 9.17) is 4.74 Å². The van der Waals surface area contributed by atoms with Crippen LogP contribution in [0.5, 0.6) is 5.88 Å². The van der Waals surface area contributed by atoms with E-state index in [2.05, 4.69) is 35.8 Å². The van der Waals surface area contributed by atoms with Crippen LogP contribution >= 0.6 is 11.3 Å². The van der Waals surface area contributed by atoms with Crippen molar-refractivity contribution in [3.8, 4) is 5.88 Å². The van der Waals surface area contributed by atoms with Crippen molar-refractivity contribution in [2.45, 2.75) is 6.92 Å². The number of nitrogens with one attached hydrogen (secondary N) is 2. The zero-order valence-electron chi connectivity index (χ0n) is 11.9. The summed E-state index contributed by atoms with van der Waals surface area (Å²) in [6, 6.07) is 1.93. The van der Waals surface area contributed by atoms with Gasteiger partial charge in [0, 0.05) is 5.39 Å². The highest BCUT2D eigenvalue weighted by Gasteiger charge is 2.13. The number of thiophene rings is 1. The van der Waals surface area contributed by atoms with Crippen molar-refractivity contribution in [3.63, 3.8) is 0 Å². The molecule has 0 bridgehead atoms. The molecule has 0 spiro atoms. The third kappa shape index (κ3) is 1.96. The number of aryl methyl sites for hydroxylation is 1. The Labute approximate surface area is 129 Å². The van der Waals surface area contributed by atoms with Crippen LogP contribution in [0.3, 0.4) is 0 Å². The van der Waals surface area contributed by atoms with Gasteiger partial charge in [-0.3, -0.25) is 5.10 Å². The molecule has 0 radical (unpaired) electrons. The fourth-order valence-electron chi connectivity index (χ4n) is 2.35. The quantitative estimate of drug-likeness (QED) is 0.604. The highest BCUT2D eigenvalue weighted by Crippen LogP contribution is 2.33. The Bertz CT molecular complexity index is 976. The van der Waals surface area contributed by atoms with Gasteiger partial charge in [0.2, 0.25) is 5.88 Å². The summed E-state index contributed by atoms with van der Waals surface area (Å²) in [6.07, 6.45) is 3.27. The molecular formula is C14H12N6OS. The van der Waals surface area contributed by atoms with E-state index in [9.17, 15) is 0 Å². The van der Waals surface area contributed by atoms with Crippen molar-refractivity contribution in [1.29, 1.82) is 0 Å². The maximum absolute atomic E-state index is 5.36. The summed E-state index contributed by atoms with van der Waals surface area (Å²) in [7, 11) is 1.58. The zero-order valence-corrected chi connectivity index (χ0v) is 12.7. The first kappa shape index (κ1) is 13.0. The summed E-state index contributed by atoms with van der Waals surface area (Å²) in [6.45, 7) is 2.04. The second-order valence-corrected chi connectivity index (χ2v) is 5.66. The van der Waals surface area contributed by atoms with Crippen LogP contribution in [0, 0.1) is 6.92 Å². The average molecular weight is 312 g/mol. The van der Waals surface area contributed by atoms with Crippen LogP contribution < -0.4 is 10.1 Å². The lowest BCUT2D eigenvalue weighted by Gasteiger charge is -2.10. The van der Waals surface area contributed by atoms with E-state index in [-0.39, 0.29) is 0 Å². The largest absolute Gasteiger partial charge is 0.479 e. The highest BCUT2D eigenvalue weighted by molar-refractivity contribution is 7.17. The van der Waals surface area contributed by atoms with Gasteiger partial charge in [0.05, 0.1) is 18.7 Å². The fourth-order valence-corrected chi connectivity index (χ4v) is 3.24. The van der Waals surface area contributed by atoms with Gasteiger partial charge >= 0.3 is 0 Å². The van der Waals surface area contributed by atoms with Gasteiger partial charge in [0.25, 0.3) is 0 Å². The Morgan fingerprint density at radius 2 is 2.23 bits per heavy atom. The lowest BCUT2D eigenvalue weighted by molar-refractivity contribution is 0.401. The number of rotatable bonds is 3. The molecule has 0 fully saturated rings. The van der Waals surface area contributed by atoms with Crippen molar-refractivity contribution in [2.75, 3.05) is 12.4 Å². The molecule has 110 valence electrons. The molecular weight excluding hydrogens is 300 g/mol. The summed E-state index contributed by atoms with van der Waals surface area (Å²) in [5.74, 6) is 1.23. The molecule has 4 aromatic heterocycles. The van der Waals surface area contributed by atoms with Gasteiger partial charge in [0.15, 0.2) is 5.65 Å². The van der Waals surface area contributed by atoms with Gasteiger partial charge in [-0.25, -0.2) is 9.97 Å². The lowest BCUT2D eigenvalue weighted by Crippen LogP contribution is -2.00. The molecule has 0 unspecified atom stereocenters. The highest BCUT2D eigenvalue weighted by atomic mass is 32.1. The molecule has 4 heterocycles. The van der Waals surface area contributed by atoms with Crippen LogP contribution in [-0.2, 0) is 0 Å². The summed E-state index contributed by atoms with van der Waals surface area (Å²) in [4.78, 5) is 14.0. The number of anilines is 2. The maximum atomic E-state index is 5.36. The van der Waals surface area contributed by atoms with Crippen LogP contribution in [0.4, 0.5) is 11.5 Å². The summed E-state index contributed by atoms with van der Waals surface area (Å²) < 4.78 is 5.36. The van der Waals surface area contributed by atoms with Gasteiger partial charge in [0.1, 0.15) is 22.7 Å². The number of hydrogen-bond acceptors (Lipinski definition) is 7. The Morgan fingerprint density at radius 1 is 1.32 bits per heavy atom. The van der Waals surface area contributed by atoms with Gasteiger partial charge in [-0.15, -0.1) is 11.3 Å². The molecule has 0 amide bonds. The number of hydrogen-bond donors (Lipinski definition) is 2. The normalized spacial score (nSPS) is 11.2. The molecule has 0 saturated carbocycles. The number of methoxy groups -OCH3 is 1. The minimum atomic E-state index is 0.483. The van der Waals surface area contributed by atoms with Gasteiger partial charge in [-0.05, 0) is 23.9 Å². The molecule has 0 aliphatic carbocycles. The predicted molar refractivity (Wildman–Crippen MR) is 85.9 cm³/mol. The van der Waals surface area contributed by atoms with Gasteiger partial charge in [-0.1, -0.05) is 0 Å². The fraction of sp³-hybridized carbons (Fsp3) is 0.143. The molecule has 0 aliphatic heterocycles. The number of aromatic nitrogens is 5. The Balaban J connectivity index is 1.86. The molecule has 0 aliphatic rings. The van der Waals surface area contributed by atoms with E-state index < -0.39 is 0 Å². The van der Waals surface area contributed by atoms with Gasteiger partial charge in [-0.2, -0.15) is 10.1 Å². The molecule has 2 N–H and O–H groups in total. The Hall–Kier alpha value is -2.74. The number of nitrogens with zero attached hydrogens (tertiary/aromatic N) is 4.